The Hall–Kier alpha value is -1.88. The quantitative estimate of drug-likeness (QED) is 0.750. The number of hydrogen-bond acceptors (Lipinski definition) is 3. The lowest BCUT2D eigenvalue weighted by Crippen LogP contribution is -2.54. The second kappa shape index (κ2) is 6.26. The Morgan fingerprint density at radius 1 is 1.29 bits per heavy atom. The van der Waals surface area contributed by atoms with Crippen LogP contribution in [0.25, 0.3) is 0 Å². The van der Waals surface area contributed by atoms with Crippen LogP contribution >= 0.6 is 0 Å². The van der Waals surface area contributed by atoms with E-state index >= 15 is 0 Å². The molecule has 0 saturated heterocycles. The molecular formula is C16H23N3O2. The SMILES string of the molecule is CC(NC(=O)[C@@H]1CCC[C@@H]1CN)(C(N)=O)c1ccccc1. The van der Waals surface area contributed by atoms with Crippen molar-refractivity contribution in [3.05, 3.63) is 35.9 Å². The molecule has 5 heteroatoms. The first-order chi connectivity index (χ1) is 9.99. The zero-order valence-corrected chi connectivity index (χ0v) is 12.3. The molecule has 0 aromatic heterocycles. The van der Waals surface area contributed by atoms with Gasteiger partial charge in [-0.15, -0.1) is 0 Å². The molecule has 1 aromatic carbocycles. The van der Waals surface area contributed by atoms with Gasteiger partial charge < -0.3 is 16.8 Å². The number of carbonyl (C=O) groups is 2. The minimum absolute atomic E-state index is 0.127. The molecule has 1 aliphatic carbocycles. The van der Waals surface area contributed by atoms with E-state index < -0.39 is 11.4 Å². The fraction of sp³-hybridized carbons (Fsp3) is 0.500. The largest absolute Gasteiger partial charge is 0.367 e. The van der Waals surface area contributed by atoms with Crippen molar-refractivity contribution in [3.63, 3.8) is 0 Å². The number of carbonyl (C=O) groups excluding carboxylic acids is 2. The molecule has 0 heterocycles. The van der Waals surface area contributed by atoms with Gasteiger partial charge in [0, 0.05) is 5.92 Å². The van der Waals surface area contributed by atoms with Gasteiger partial charge >= 0.3 is 0 Å². The molecule has 5 nitrogen and oxygen atoms in total. The van der Waals surface area contributed by atoms with Gasteiger partial charge in [-0.3, -0.25) is 9.59 Å². The normalized spacial score (nSPS) is 24.3. The van der Waals surface area contributed by atoms with Crippen LogP contribution in [-0.2, 0) is 15.1 Å². The average molecular weight is 289 g/mol. The summed E-state index contributed by atoms with van der Waals surface area (Å²) < 4.78 is 0. The molecule has 3 atom stereocenters. The van der Waals surface area contributed by atoms with E-state index in [1.807, 2.05) is 18.2 Å². The number of rotatable bonds is 5. The van der Waals surface area contributed by atoms with Gasteiger partial charge in [0.05, 0.1) is 0 Å². The Labute approximate surface area is 125 Å². The molecule has 0 radical (unpaired) electrons. The third-order valence-electron chi connectivity index (χ3n) is 4.52. The maximum absolute atomic E-state index is 12.5. The summed E-state index contributed by atoms with van der Waals surface area (Å²) in [5.41, 5.74) is 10.8. The lowest BCUT2D eigenvalue weighted by Gasteiger charge is -2.30. The van der Waals surface area contributed by atoms with Crippen molar-refractivity contribution in [2.24, 2.45) is 23.3 Å². The van der Waals surface area contributed by atoms with Crippen LogP contribution in [0.5, 0.6) is 0 Å². The molecular weight excluding hydrogens is 266 g/mol. The van der Waals surface area contributed by atoms with E-state index in [0.717, 1.165) is 19.3 Å². The average Bonchev–Trinajstić information content (AvgIpc) is 2.96. The predicted molar refractivity (Wildman–Crippen MR) is 81.0 cm³/mol. The Morgan fingerprint density at radius 3 is 2.52 bits per heavy atom. The lowest BCUT2D eigenvalue weighted by molar-refractivity contribution is -0.134. The topological polar surface area (TPSA) is 98.2 Å². The highest BCUT2D eigenvalue weighted by molar-refractivity contribution is 5.92. The number of amides is 2. The minimum atomic E-state index is -1.19. The molecule has 0 spiro atoms. The number of primary amides is 1. The number of benzene rings is 1. The lowest BCUT2D eigenvalue weighted by atomic mass is 9.88. The van der Waals surface area contributed by atoms with Crippen LogP contribution in [0.4, 0.5) is 0 Å². The smallest absolute Gasteiger partial charge is 0.247 e. The van der Waals surface area contributed by atoms with Crippen molar-refractivity contribution < 1.29 is 9.59 Å². The van der Waals surface area contributed by atoms with Crippen LogP contribution in [0.2, 0.25) is 0 Å². The van der Waals surface area contributed by atoms with E-state index in [0.29, 0.717) is 12.1 Å². The van der Waals surface area contributed by atoms with Gasteiger partial charge in [-0.05, 0) is 37.8 Å². The van der Waals surface area contributed by atoms with Gasteiger partial charge in [0.15, 0.2) is 0 Å². The van der Waals surface area contributed by atoms with Crippen LogP contribution in [0.1, 0.15) is 31.7 Å². The number of nitrogens with two attached hydrogens (primary N) is 2. The third kappa shape index (κ3) is 3.08. The summed E-state index contributed by atoms with van der Waals surface area (Å²) in [7, 11) is 0. The highest BCUT2D eigenvalue weighted by Crippen LogP contribution is 2.32. The fourth-order valence-corrected chi connectivity index (χ4v) is 3.05. The van der Waals surface area contributed by atoms with Gasteiger partial charge in [0.25, 0.3) is 0 Å². The Morgan fingerprint density at radius 2 is 1.95 bits per heavy atom. The molecule has 21 heavy (non-hydrogen) atoms. The maximum atomic E-state index is 12.5. The number of hydrogen-bond donors (Lipinski definition) is 3. The summed E-state index contributed by atoms with van der Waals surface area (Å²) in [4.78, 5) is 24.4. The highest BCUT2D eigenvalue weighted by atomic mass is 16.2. The van der Waals surface area contributed by atoms with E-state index in [1.165, 1.54) is 0 Å². The van der Waals surface area contributed by atoms with Crippen LogP contribution < -0.4 is 16.8 Å². The summed E-state index contributed by atoms with van der Waals surface area (Å²) in [6, 6.07) is 9.08. The molecule has 0 aliphatic heterocycles. The summed E-state index contributed by atoms with van der Waals surface area (Å²) in [5, 5.41) is 2.85. The standard InChI is InChI=1S/C16H23N3O2/c1-16(15(18)21,12-7-3-2-4-8-12)19-14(20)13-9-5-6-11(13)10-17/h2-4,7-8,11,13H,5-6,9-10,17H2,1H3,(H2,18,21)(H,19,20)/t11-,13-,16?/m1/s1. The Bertz CT molecular complexity index is 518. The molecule has 5 N–H and O–H groups in total. The molecule has 1 aromatic rings. The molecule has 1 fully saturated rings. The van der Waals surface area contributed by atoms with Crippen molar-refractivity contribution >= 4 is 11.8 Å². The van der Waals surface area contributed by atoms with E-state index in [2.05, 4.69) is 5.32 Å². The molecule has 0 bridgehead atoms. The van der Waals surface area contributed by atoms with E-state index in [9.17, 15) is 9.59 Å². The monoisotopic (exact) mass is 289 g/mol. The first-order valence-corrected chi connectivity index (χ1v) is 7.36. The second-order valence-electron chi connectivity index (χ2n) is 5.88. The van der Waals surface area contributed by atoms with Crippen LogP contribution in [0, 0.1) is 11.8 Å². The Kier molecular flexibility index (Phi) is 4.63. The molecule has 114 valence electrons. The zero-order valence-electron chi connectivity index (χ0n) is 12.3. The van der Waals surface area contributed by atoms with Crippen LogP contribution in [-0.4, -0.2) is 18.4 Å². The van der Waals surface area contributed by atoms with E-state index in [4.69, 9.17) is 11.5 Å². The maximum Gasteiger partial charge on any atom is 0.247 e. The van der Waals surface area contributed by atoms with Gasteiger partial charge in [-0.2, -0.15) is 0 Å². The summed E-state index contributed by atoms with van der Waals surface area (Å²) >= 11 is 0. The van der Waals surface area contributed by atoms with Crippen LogP contribution in [0.15, 0.2) is 30.3 Å². The molecule has 2 rings (SSSR count). The third-order valence-corrected chi connectivity index (χ3v) is 4.52. The van der Waals surface area contributed by atoms with E-state index in [1.54, 1.807) is 19.1 Å². The molecule has 1 unspecified atom stereocenters. The molecule has 2 amide bonds. The number of nitrogens with one attached hydrogen (secondary N) is 1. The molecule has 1 aliphatic rings. The first kappa shape index (κ1) is 15.5. The van der Waals surface area contributed by atoms with Crippen molar-refractivity contribution in [2.45, 2.75) is 31.7 Å². The fourth-order valence-electron chi connectivity index (χ4n) is 3.05. The van der Waals surface area contributed by atoms with Gasteiger partial charge in [0.1, 0.15) is 5.54 Å². The minimum Gasteiger partial charge on any atom is -0.367 e. The van der Waals surface area contributed by atoms with Crippen molar-refractivity contribution in [3.8, 4) is 0 Å². The second-order valence-corrected chi connectivity index (χ2v) is 5.88. The summed E-state index contributed by atoms with van der Waals surface area (Å²) in [6.07, 6.45) is 2.78. The van der Waals surface area contributed by atoms with Gasteiger partial charge in [-0.1, -0.05) is 36.8 Å². The molecule has 1 saturated carbocycles. The Balaban J connectivity index is 2.21. The van der Waals surface area contributed by atoms with Crippen molar-refractivity contribution in [1.82, 2.24) is 5.32 Å². The van der Waals surface area contributed by atoms with E-state index in [-0.39, 0.29) is 17.7 Å². The van der Waals surface area contributed by atoms with Crippen molar-refractivity contribution in [2.75, 3.05) is 6.54 Å². The van der Waals surface area contributed by atoms with Crippen LogP contribution in [0.3, 0.4) is 0 Å². The van der Waals surface area contributed by atoms with Gasteiger partial charge in [0.2, 0.25) is 11.8 Å². The van der Waals surface area contributed by atoms with Gasteiger partial charge in [-0.25, -0.2) is 0 Å². The van der Waals surface area contributed by atoms with Crippen molar-refractivity contribution in [1.29, 1.82) is 0 Å². The summed E-state index contributed by atoms with van der Waals surface area (Å²) in [5.74, 6) is -0.632. The predicted octanol–water partition coefficient (Wildman–Crippen LogP) is 0.878. The highest BCUT2D eigenvalue weighted by Gasteiger charge is 2.39. The zero-order chi connectivity index (χ0) is 15.5. The first-order valence-electron chi connectivity index (χ1n) is 7.36. The summed E-state index contributed by atoms with van der Waals surface area (Å²) in [6.45, 7) is 2.14.